The van der Waals surface area contributed by atoms with Crippen LogP contribution in [-0.4, -0.2) is 12.6 Å². The second-order valence-electron chi connectivity index (χ2n) is 4.57. The number of anilines is 1. The minimum Gasteiger partial charge on any atom is -0.335 e. The first-order valence-electron chi connectivity index (χ1n) is 6.24. The molecule has 0 aliphatic carbocycles. The molecule has 0 aromatic heterocycles. The third-order valence-electron chi connectivity index (χ3n) is 3.35. The zero-order chi connectivity index (χ0) is 14.1. The van der Waals surface area contributed by atoms with Gasteiger partial charge in [-0.1, -0.05) is 18.2 Å². The van der Waals surface area contributed by atoms with Crippen molar-refractivity contribution in [2.75, 3.05) is 11.4 Å². The fourth-order valence-corrected chi connectivity index (χ4v) is 2.40. The summed E-state index contributed by atoms with van der Waals surface area (Å²) in [5.41, 5.74) is 0.977. The molecule has 1 aliphatic heterocycles. The van der Waals surface area contributed by atoms with Crippen LogP contribution in [0.15, 0.2) is 48.5 Å². The van der Waals surface area contributed by atoms with Crippen molar-refractivity contribution in [2.24, 2.45) is 0 Å². The summed E-state index contributed by atoms with van der Waals surface area (Å²) in [5.74, 6) is -0.739. The fourth-order valence-electron chi connectivity index (χ4n) is 2.40. The van der Waals surface area contributed by atoms with Gasteiger partial charge in [0, 0.05) is 17.8 Å². The van der Waals surface area contributed by atoms with Crippen LogP contribution in [0.1, 0.15) is 11.6 Å². The number of nitrogens with zero attached hydrogens (tertiary/aromatic N) is 1. The van der Waals surface area contributed by atoms with Crippen molar-refractivity contribution in [3.8, 4) is 0 Å². The van der Waals surface area contributed by atoms with E-state index in [1.165, 1.54) is 35.2 Å². The standard InChI is InChI=1S/C15H12F2N2O/c16-10-5-7-11(8-6-10)19-14(9-18-15(19)20)12-3-1-2-4-13(12)17/h1-8,14H,9H2,(H,18,20). The molecule has 0 bridgehead atoms. The number of carbonyl (C=O) groups is 1. The van der Waals surface area contributed by atoms with E-state index in [9.17, 15) is 13.6 Å². The molecule has 2 amide bonds. The number of nitrogens with one attached hydrogen (secondary N) is 1. The lowest BCUT2D eigenvalue weighted by molar-refractivity contribution is 0.251. The van der Waals surface area contributed by atoms with Gasteiger partial charge in [-0.2, -0.15) is 0 Å². The molecule has 2 aromatic carbocycles. The second-order valence-corrected chi connectivity index (χ2v) is 4.57. The highest BCUT2D eigenvalue weighted by Crippen LogP contribution is 2.31. The summed E-state index contributed by atoms with van der Waals surface area (Å²) in [6.07, 6.45) is 0. The number of rotatable bonds is 2. The predicted molar refractivity (Wildman–Crippen MR) is 71.4 cm³/mol. The topological polar surface area (TPSA) is 32.3 Å². The maximum atomic E-state index is 13.9. The number of amides is 2. The van der Waals surface area contributed by atoms with Gasteiger partial charge in [0.05, 0.1) is 6.04 Å². The van der Waals surface area contributed by atoms with Crippen LogP contribution < -0.4 is 10.2 Å². The molecule has 5 heteroatoms. The Hall–Kier alpha value is -2.43. The van der Waals surface area contributed by atoms with Crippen molar-refractivity contribution in [1.82, 2.24) is 5.32 Å². The van der Waals surface area contributed by atoms with Gasteiger partial charge in [-0.15, -0.1) is 0 Å². The van der Waals surface area contributed by atoms with Gasteiger partial charge in [-0.05, 0) is 30.3 Å². The van der Waals surface area contributed by atoms with Crippen LogP contribution in [-0.2, 0) is 0 Å². The van der Waals surface area contributed by atoms with Crippen LogP contribution in [0, 0.1) is 11.6 Å². The smallest absolute Gasteiger partial charge is 0.322 e. The molecule has 2 aromatic rings. The minimum absolute atomic E-state index is 0.315. The second kappa shape index (κ2) is 4.92. The molecule has 0 spiro atoms. The van der Waals surface area contributed by atoms with Gasteiger partial charge < -0.3 is 5.32 Å². The summed E-state index contributed by atoms with van der Waals surface area (Å²) in [7, 11) is 0. The monoisotopic (exact) mass is 274 g/mol. The van der Waals surface area contributed by atoms with E-state index in [1.54, 1.807) is 18.2 Å². The average molecular weight is 274 g/mol. The van der Waals surface area contributed by atoms with E-state index < -0.39 is 6.04 Å². The maximum absolute atomic E-state index is 13.9. The summed E-state index contributed by atoms with van der Waals surface area (Å²) in [5, 5.41) is 2.69. The lowest BCUT2D eigenvalue weighted by atomic mass is 10.1. The van der Waals surface area contributed by atoms with E-state index in [1.807, 2.05) is 0 Å². The van der Waals surface area contributed by atoms with E-state index in [0.29, 0.717) is 17.8 Å². The number of halogens is 2. The zero-order valence-corrected chi connectivity index (χ0v) is 10.5. The van der Waals surface area contributed by atoms with Crippen LogP contribution in [0.25, 0.3) is 0 Å². The number of hydrogen-bond acceptors (Lipinski definition) is 1. The van der Waals surface area contributed by atoms with Crippen molar-refractivity contribution in [1.29, 1.82) is 0 Å². The molecule has 1 heterocycles. The molecule has 20 heavy (non-hydrogen) atoms. The average Bonchev–Trinajstić information content (AvgIpc) is 2.82. The third kappa shape index (κ3) is 2.11. The molecule has 1 aliphatic rings. The summed E-state index contributed by atoms with van der Waals surface area (Å²) < 4.78 is 26.9. The lowest BCUT2D eigenvalue weighted by Gasteiger charge is -2.23. The molecule has 3 nitrogen and oxygen atoms in total. The number of benzene rings is 2. The van der Waals surface area contributed by atoms with Crippen molar-refractivity contribution >= 4 is 11.7 Å². The normalized spacial score (nSPS) is 18.2. The first-order chi connectivity index (χ1) is 9.66. The van der Waals surface area contributed by atoms with Crippen LogP contribution in [0.2, 0.25) is 0 Å². The van der Waals surface area contributed by atoms with Gasteiger partial charge >= 0.3 is 6.03 Å². The Morgan fingerprint density at radius 1 is 1.05 bits per heavy atom. The molecular formula is C15H12F2N2O. The Labute approximate surface area is 114 Å². The Morgan fingerprint density at radius 2 is 1.75 bits per heavy atom. The lowest BCUT2D eigenvalue weighted by Crippen LogP contribution is -2.29. The summed E-state index contributed by atoms with van der Waals surface area (Å²) in [6.45, 7) is 0.317. The van der Waals surface area contributed by atoms with Gasteiger partial charge in [0.1, 0.15) is 11.6 Å². The van der Waals surface area contributed by atoms with E-state index in [2.05, 4.69) is 5.32 Å². The molecule has 0 saturated carbocycles. The molecule has 1 saturated heterocycles. The van der Waals surface area contributed by atoms with Crippen molar-refractivity contribution in [3.63, 3.8) is 0 Å². The highest BCUT2D eigenvalue weighted by Gasteiger charge is 2.34. The zero-order valence-electron chi connectivity index (χ0n) is 10.5. The molecule has 1 atom stereocenters. The van der Waals surface area contributed by atoms with Crippen molar-refractivity contribution in [3.05, 3.63) is 65.7 Å². The summed E-state index contributed by atoms with van der Waals surface area (Å²) in [6, 6.07) is 11.2. The largest absolute Gasteiger partial charge is 0.335 e. The van der Waals surface area contributed by atoms with Gasteiger partial charge in [0.15, 0.2) is 0 Å². The highest BCUT2D eigenvalue weighted by molar-refractivity contribution is 5.95. The Bertz CT molecular complexity index is 643. The molecule has 3 rings (SSSR count). The van der Waals surface area contributed by atoms with Crippen molar-refractivity contribution in [2.45, 2.75) is 6.04 Å². The van der Waals surface area contributed by atoms with Gasteiger partial charge in [0.2, 0.25) is 0 Å². The summed E-state index contributed by atoms with van der Waals surface area (Å²) in [4.78, 5) is 13.4. The Morgan fingerprint density at radius 3 is 2.45 bits per heavy atom. The third-order valence-corrected chi connectivity index (χ3v) is 3.35. The van der Waals surface area contributed by atoms with Crippen LogP contribution in [0.3, 0.4) is 0 Å². The van der Waals surface area contributed by atoms with Crippen LogP contribution >= 0.6 is 0 Å². The highest BCUT2D eigenvalue weighted by atomic mass is 19.1. The SMILES string of the molecule is O=C1NCC(c2ccccc2F)N1c1ccc(F)cc1. The molecule has 102 valence electrons. The number of hydrogen-bond donors (Lipinski definition) is 1. The van der Waals surface area contributed by atoms with Crippen LogP contribution in [0.5, 0.6) is 0 Å². The van der Waals surface area contributed by atoms with E-state index in [0.717, 1.165) is 0 Å². The van der Waals surface area contributed by atoms with Gasteiger partial charge in [-0.25, -0.2) is 13.6 Å². The first-order valence-corrected chi connectivity index (χ1v) is 6.24. The van der Waals surface area contributed by atoms with Gasteiger partial charge in [-0.3, -0.25) is 4.90 Å². The van der Waals surface area contributed by atoms with Crippen molar-refractivity contribution < 1.29 is 13.6 Å². The van der Waals surface area contributed by atoms with E-state index in [4.69, 9.17) is 0 Å². The van der Waals surface area contributed by atoms with Gasteiger partial charge in [0.25, 0.3) is 0 Å². The first kappa shape index (κ1) is 12.6. The maximum Gasteiger partial charge on any atom is 0.322 e. The molecule has 0 radical (unpaired) electrons. The molecule has 1 N–H and O–H groups in total. The predicted octanol–water partition coefficient (Wildman–Crippen LogP) is 3.24. The Balaban J connectivity index is 2.01. The minimum atomic E-state index is -0.436. The summed E-state index contributed by atoms with van der Waals surface area (Å²) >= 11 is 0. The number of urea groups is 1. The molecule has 1 fully saturated rings. The quantitative estimate of drug-likeness (QED) is 0.896. The van der Waals surface area contributed by atoms with Crippen LogP contribution in [0.4, 0.5) is 19.3 Å². The van der Waals surface area contributed by atoms with E-state index in [-0.39, 0.29) is 17.7 Å². The molecule has 1 unspecified atom stereocenters. The number of carbonyl (C=O) groups excluding carboxylic acids is 1. The molecular weight excluding hydrogens is 262 g/mol. The van der Waals surface area contributed by atoms with E-state index >= 15 is 0 Å². The fraction of sp³-hybridized carbons (Fsp3) is 0.133. The Kier molecular flexibility index (Phi) is 3.10.